The van der Waals surface area contributed by atoms with E-state index in [1.807, 2.05) is 13.8 Å². The Morgan fingerprint density at radius 1 is 1.05 bits per heavy atom. The smallest absolute Gasteiger partial charge is 0.219 e. The molecule has 2 amide bonds. The average molecular weight is 282 g/mol. The van der Waals surface area contributed by atoms with Crippen LogP contribution in [0, 0.1) is 10.8 Å². The van der Waals surface area contributed by atoms with Gasteiger partial charge in [0.05, 0.1) is 0 Å². The van der Waals surface area contributed by atoms with Gasteiger partial charge in [-0.15, -0.1) is 0 Å². The maximum Gasteiger partial charge on any atom is 0.219 e. The van der Waals surface area contributed by atoms with E-state index < -0.39 is 0 Å². The minimum atomic E-state index is 0.0538. The Labute approximate surface area is 123 Å². The first kappa shape index (κ1) is 17.0. The number of rotatable bonds is 5. The van der Waals surface area contributed by atoms with Crippen LogP contribution in [-0.4, -0.2) is 24.4 Å². The second kappa shape index (κ2) is 6.59. The van der Waals surface area contributed by atoms with Gasteiger partial charge in [0.1, 0.15) is 0 Å². The van der Waals surface area contributed by atoms with Crippen LogP contribution in [0.25, 0.3) is 0 Å². The number of carbonyl (C=O) groups excluding carboxylic acids is 2. The number of amides is 2. The first-order valence-corrected chi connectivity index (χ1v) is 7.76. The summed E-state index contributed by atoms with van der Waals surface area (Å²) >= 11 is 0. The lowest BCUT2D eigenvalue weighted by atomic mass is 9.62. The van der Waals surface area contributed by atoms with Crippen LogP contribution in [0.15, 0.2) is 0 Å². The lowest BCUT2D eigenvalue weighted by Crippen LogP contribution is -2.50. The molecule has 1 aliphatic rings. The van der Waals surface area contributed by atoms with Crippen molar-refractivity contribution in [3.05, 3.63) is 0 Å². The van der Waals surface area contributed by atoms with E-state index >= 15 is 0 Å². The van der Waals surface area contributed by atoms with Crippen molar-refractivity contribution in [2.24, 2.45) is 10.8 Å². The molecule has 1 rings (SSSR count). The van der Waals surface area contributed by atoms with Crippen molar-refractivity contribution in [1.29, 1.82) is 0 Å². The molecule has 0 spiro atoms. The predicted octanol–water partition coefficient (Wildman–Crippen LogP) is 2.62. The van der Waals surface area contributed by atoms with Crippen molar-refractivity contribution < 1.29 is 9.59 Å². The standard InChI is InChI=1S/C16H30N2O2/c1-6-13(19)17-11-16(5)9-12(18-14(20)7-2)8-15(3,4)10-16/h12H,6-11H2,1-5H3,(H,17,19)(H,18,20)/t12-,16+/m0/s1. The minimum Gasteiger partial charge on any atom is -0.356 e. The van der Waals surface area contributed by atoms with Gasteiger partial charge in [0.15, 0.2) is 0 Å². The van der Waals surface area contributed by atoms with E-state index in [9.17, 15) is 9.59 Å². The van der Waals surface area contributed by atoms with Crippen molar-refractivity contribution in [2.45, 2.75) is 72.8 Å². The van der Waals surface area contributed by atoms with Gasteiger partial charge in [0, 0.05) is 25.4 Å². The van der Waals surface area contributed by atoms with Crippen molar-refractivity contribution in [3.63, 3.8) is 0 Å². The van der Waals surface area contributed by atoms with Gasteiger partial charge in [-0.25, -0.2) is 0 Å². The lowest BCUT2D eigenvalue weighted by Gasteiger charge is -2.47. The van der Waals surface area contributed by atoms with E-state index in [2.05, 4.69) is 31.4 Å². The molecular formula is C16H30N2O2. The zero-order valence-electron chi connectivity index (χ0n) is 13.6. The molecule has 2 N–H and O–H groups in total. The SMILES string of the molecule is CCC(=O)NC[C@]1(C)C[C@@H](NC(=O)CC)CC(C)(C)C1. The minimum absolute atomic E-state index is 0.0538. The summed E-state index contributed by atoms with van der Waals surface area (Å²) in [7, 11) is 0. The topological polar surface area (TPSA) is 58.2 Å². The molecule has 0 aromatic rings. The van der Waals surface area contributed by atoms with E-state index in [1.54, 1.807) is 0 Å². The fourth-order valence-corrected chi connectivity index (χ4v) is 3.64. The summed E-state index contributed by atoms with van der Waals surface area (Å²) in [4.78, 5) is 23.1. The summed E-state index contributed by atoms with van der Waals surface area (Å²) in [6, 6.07) is 0.217. The Hall–Kier alpha value is -1.06. The Bertz CT molecular complexity index is 365. The molecule has 0 radical (unpaired) electrons. The van der Waals surface area contributed by atoms with Gasteiger partial charge >= 0.3 is 0 Å². The fraction of sp³-hybridized carbons (Fsp3) is 0.875. The maximum absolute atomic E-state index is 11.6. The third-order valence-electron chi connectivity index (χ3n) is 4.16. The van der Waals surface area contributed by atoms with Crippen LogP contribution in [0.2, 0.25) is 0 Å². The van der Waals surface area contributed by atoms with Crippen molar-refractivity contribution >= 4 is 11.8 Å². The van der Waals surface area contributed by atoms with Gasteiger partial charge in [-0.05, 0) is 30.1 Å². The normalized spacial score (nSPS) is 28.8. The molecule has 4 nitrogen and oxygen atoms in total. The molecule has 0 aromatic carbocycles. The molecule has 2 atom stereocenters. The summed E-state index contributed by atoms with van der Waals surface area (Å²) in [5, 5.41) is 6.15. The Morgan fingerprint density at radius 2 is 1.65 bits per heavy atom. The highest BCUT2D eigenvalue weighted by Crippen LogP contribution is 2.45. The average Bonchev–Trinajstić information content (AvgIpc) is 2.33. The van der Waals surface area contributed by atoms with Crippen LogP contribution in [0.3, 0.4) is 0 Å². The number of carbonyl (C=O) groups is 2. The lowest BCUT2D eigenvalue weighted by molar-refractivity contribution is -0.123. The van der Waals surface area contributed by atoms with Gasteiger partial charge in [-0.3, -0.25) is 9.59 Å². The summed E-state index contributed by atoms with van der Waals surface area (Å²) in [6.45, 7) is 11.2. The summed E-state index contributed by atoms with van der Waals surface area (Å²) in [6.07, 6.45) is 4.07. The molecular weight excluding hydrogens is 252 g/mol. The molecule has 0 unspecified atom stereocenters. The molecule has 0 aromatic heterocycles. The van der Waals surface area contributed by atoms with Crippen molar-refractivity contribution in [3.8, 4) is 0 Å². The van der Waals surface area contributed by atoms with E-state index in [0.717, 1.165) is 19.3 Å². The Kier molecular flexibility index (Phi) is 5.60. The van der Waals surface area contributed by atoms with E-state index in [0.29, 0.717) is 19.4 Å². The predicted molar refractivity (Wildman–Crippen MR) is 81.3 cm³/mol. The zero-order valence-corrected chi connectivity index (χ0v) is 13.6. The molecule has 0 heterocycles. The van der Waals surface area contributed by atoms with Gasteiger partial charge in [0.25, 0.3) is 0 Å². The van der Waals surface area contributed by atoms with Crippen molar-refractivity contribution in [1.82, 2.24) is 10.6 Å². The van der Waals surface area contributed by atoms with Crippen LogP contribution in [0.5, 0.6) is 0 Å². The molecule has 1 fully saturated rings. The van der Waals surface area contributed by atoms with E-state index in [4.69, 9.17) is 0 Å². The van der Waals surface area contributed by atoms with Gasteiger partial charge < -0.3 is 10.6 Å². The molecule has 1 saturated carbocycles. The Morgan fingerprint density at radius 3 is 2.20 bits per heavy atom. The molecule has 0 saturated heterocycles. The molecule has 20 heavy (non-hydrogen) atoms. The van der Waals surface area contributed by atoms with Gasteiger partial charge in [-0.2, -0.15) is 0 Å². The molecule has 116 valence electrons. The Balaban J connectivity index is 2.70. The fourth-order valence-electron chi connectivity index (χ4n) is 3.64. The second-order valence-corrected chi connectivity index (χ2v) is 7.31. The van der Waals surface area contributed by atoms with E-state index in [-0.39, 0.29) is 28.7 Å². The number of hydrogen-bond donors (Lipinski definition) is 2. The van der Waals surface area contributed by atoms with Crippen LogP contribution in [-0.2, 0) is 9.59 Å². The van der Waals surface area contributed by atoms with E-state index in [1.165, 1.54) is 0 Å². The highest BCUT2D eigenvalue weighted by molar-refractivity contribution is 5.76. The molecule has 1 aliphatic carbocycles. The first-order valence-electron chi connectivity index (χ1n) is 7.76. The zero-order chi connectivity index (χ0) is 15.4. The first-order chi connectivity index (χ1) is 9.19. The van der Waals surface area contributed by atoms with Crippen LogP contribution in [0.1, 0.15) is 66.7 Å². The maximum atomic E-state index is 11.6. The summed E-state index contributed by atoms with van der Waals surface area (Å²) in [5.74, 6) is 0.219. The number of hydrogen-bond acceptors (Lipinski definition) is 2. The van der Waals surface area contributed by atoms with Gasteiger partial charge in [-0.1, -0.05) is 34.6 Å². The summed E-state index contributed by atoms with van der Waals surface area (Å²) in [5.41, 5.74) is 0.244. The largest absolute Gasteiger partial charge is 0.356 e. The van der Waals surface area contributed by atoms with Gasteiger partial charge in [0.2, 0.25) is 11.8 Å². The van der Waals surface area contributed by atoms with Crippen LogP contribution < -0.4 is 10.6 Å². The highest BCUT2D eigenvalue weighted by atomic mass is 16.2. The highest BCUT2D eigenvalue weighted by Gasteiger charge is 2.41. The third kappa shape index (κ3) is 5.14. The molecule has 0 bridgehead atoms. The molecule has 0 aliphatic heterocycles. The molecule has 4 heteroatoms. The second-order valence-electron chi connectivity index (χ2n) is 7.31. The van der Waals surface area contributed by atoms with Crippen LogP contribution >= 0.6 is 0 Å². The summed E-state index contributed by atoms with van der Waals surface area (Å²) < 4.78 is 0. The number of nitrogens with one attached hydrogen (secondary N) is 2. The van der Waals surface area contributed by atoms with Crippen molar-refractivity contribution in [2.75, 3.05) is 6.54 Å². The van der Waals surface area contributed by atoms with Crippen LogP contribution in [0.4, 0.5) is 0 Å². The quantitative estimate of drug-likeness (QED) is 0.814. The monoisotopic (exact) mass is 282 g/mol. The third-order valence-corrected chi connectivity index (χ3v) is 4.16.